The van der Waals surface area contributed by atoms with Gasteiger partial charge in [0, 0.05) is 0 Å². The zero-order valence-electron chi connectivity index (χ0n) is 10.5. The highest BCUT2D eigenvalue weighted by Crippen LogP contribution is 2.30. The fraction of sp³-hybridized carbons (Fsp3) is 0.333. The van der Waals surface area contributed by atoms with Gasteiger partial charge in [-0.1, -0.05) is 18.2 Å². The van der Waals surface area contributed by atoms with Crippen LogP contribution in [0.5, 0.6) is 0 Å². The highest BCUT2D eigenvalue weighted by Gasteiger charge is 2.12. The molecule has 0 fully saturated rings. The van der Waals surface area contributed by atoms with Crippen molar-refractivity contribution in [1.82, 2.24) is 0 Å². The molecule has 0 nitrogen and oxygen atoms in total. The summed E-state index contributed by atoms with van der Waals surface area (Å²) in [5.41, 5.74) is 6.58. The molecule has 0 aliphatic carbocycles. The summed E-state index contributed by atoms with van der Waals surface area (Å²) >= 11 is 8.21. The minimum atomic E-state index is 0.0864. The molecule has 0 saturated heterocycles. The molecule has 0 amide bonds. The van der Waals surface area contributed by atoms with Gasteiger partial charge in [-0.05, 0) is 65.8 Å². The van der Waals surface area contributed by atoms with Crippen molar-refractivity contribution in [2.24, 2.45) is 0 Å². The molecule has 2 aromatic rings. The Kier molecular flexibility index (Phi) is 3.90. The summed E-state index contributed by atoms with van der Waals surface area (Å²) in [5, 5.41) is 4.41. The first kappa shape index (κ1) is 12.7. The van der Waals surface area contributed by atoms with E-state index in [9.17, 15) is 0 Å². The summed E-state index contributed by atoms with van der Waals surface area (Å²) in [5.74, 6) is 0. The van der Waals surface area contributed by atoms with Gasteiger partial charge in [0.15, 0.2) is 0 Å². The standard InChI is InChI=1S/C15H17ClS/c1-10-4-5-13(6-11(10)2)7-15(16)14-9-17-8-12(14)3/h4-6,8-9,15H,7H2,1-3H3. The van der Waals surface area contributed by atoms with Crippen LogP contribution in [0.1, 0.15) is 33.2 Å². The summed E-state index contributed by atoms with van der Waals surface area (Å²) in [6.45, 7) is 6.42. The molecular formula is C15H17ClS. The van der Waals surface area contributed by atoms with Crippen LogP contribution in [0.2, 0.25) is 0 Å². The Morgan fingerprint density at radius 3 is 2.41 bits per heavy atom. The predicted molar refractivity (Wildman–Crippen MR) is 77.3 cm³/mol. The first-order valence-corrected chi connectivity index (χ1v) is 7.18. The Morgan fingerprint density at radius 1 is 1.06 bits per heavy atom. The monoisotopic (exact) mass is 264 g/mol. The van der Waals surface area contributed by atoms with Gasteiger partial charge in [0.25, 0.3) is 0 Å². The number of rotatable bonds is 3. The van der Waals surface area contributed by atoms with Gasteiger partial charge in [-0.3, -0.25) is 0 Å². The van der Waals surface area contributed by atoms with Crippen LogP contribution in [0.4, 0.5) is 0 Å². The molecule has 0 saturated carbocycles. The highest BCUT2D eigenvalue weighted by molar-refractivity contribution is 7.08. The molecule has 1 aromatic carbocycles. The van der Waals surface area contributed by atoms with E-state index in [0.717, 1.165) is 6.42 Å². The van der Waals surface area contributed by atoms with E-state index in [0.29, 0.717) is 0 Å². The molecule has 0 bridgehead atoms. The lowest BCUT2D eigenvalue weighted by atomic mass is 10.00. The predicted octanol–water partition coefficient (Wildman–Crippen LogP) is 5.20. The van der Waals surface area contributed by atoms with Crippen molar-refractivity contribution < 1.29 is 0 Å². The smallest absolute Gasteiger partial charge is 0.0636 e. The molecule has 2 rings (SSSR count). The van der Waals surface area contributed by atoms with Gasteiger partial charge in [0.05, 0.1) is 5.38 Å². The number of halogens is 1. The van der Waals surface area contributed by atoms with Crippen LogP contribution in [0.3, 0.4) is 0 Å². The second-order valence-electron chi connectivity index (χ2n) is 4.60. The quantitative estimate of drug-likeness (QED) is 0.669. The number of hydrogen-bond acceptors (Lipinski definition) is 1. The largest absolute Gasteiger partial charge is 0.152 e. The van der Waals surface area contributed by atoms with Gasteiger partial charge < -0.3 is 0 Å². The number of alkyl halides is 1. The molecule has 0 spiro atoms. The van der Waals surface area contributed by atoms with Crippen LogP contribution in [0.15, 0.2) is 29.0 Å². The fourth-order valence-corrected chi connectivity index (χ4v) is 3.33. The van der Waals surface area contributed by atoms with E-state index in [1.165, 1.54) is 27.8 Å². The lowest BCUT2D eigenvalue weighted by Gasteiger charge is -2.11. The number of benzene rings is 1. The Hall–Kier alpha value is -0.790. The summed E-state index contributed by atoms with van der Waals surface area (Å²) in [7, 11) is 0. The summed E-state index contributed by atoms with van der Waals surface area (Å²) in [4.78, 5) is 0. The maximum atomic E-state index is 6.49. The SMILES string of the molecule is Cc1ccc(CC(Cl)c2cscc2C)cc1C. The third-order valence-electron chi connectivity index (χ3n) is 3.22. The summed E-state index contributed by atoms with van der Waals surface area (Å²) in [6.07, 6.45) is 0.903. The van der Waals surface area contributed by atoms with E-state index < -0.39 is 0 Å². The number of hydrogen-bond donors (Lipinski definition) is 0. The Bertz CT molecular complexity index is 513. The molecule has 0 aliphatic heterocycles. The van der Waals surface area contributed by atoms with Gasteiger partial charge in [0.2, 0.25) is 0 Å². The van der Waals surface area contributed by atoms with Gasteiger partial charge in [-0.25, -0.2) is 0 Å². The molecule has 1 unspecified atom stereocenters. The normalized spacial score (nSPS) is 12.7. The van der Waals surface area contributed by atoms with E-state index >= 15 is 0 Å². The number of thiophene rings is 1. The van der Waals surface area contributed by atoms with Gasteiger partial charge in [-0.15, -0.1) is 11.6 Å². The maximum absolute atomic E-state index is 6.49. The topological polar surface area (TPSA) is 0 Å². The van der Waals surface area contributed by atoms with Gasteiger partial charge >= 0.3 is 0 Å². The highest BCUT2D eigenvalue weighted by atomic mass is 35.5. The van der Waals surface area contributed by atoms with Gasteiger partial charge in [-0.2, -0.15) is 11.3 Å². The lowest BCUT2D eigenvalue weighted by molar-refractivity contribution is 0.914. The Morgan fingerprint density at radius 2 is 1.82 bits per heavy atom. The second kappa shape index (κ2) is 5.24. The fourth-order valence-electron chi connectivity index (χ4n) is 1.94. The number of aryl methyl sites for hydroxylation is 3. The summed E-state index contributed by atoms with van der Waals surface area (Å²) in [6, 6.07) is 6.60. The van der Waals surface area contributed by atoms with Crippen LogP contribution in [-0.4, -0.2) is 0 Å². The molecule has 1 aromatic heterocycles. The maximum Gasteiger partial charge on any atom is 0.0636 e. The average molecular weight is 265 g/mol. The molecule has 1 atom stereocenters. The van der Waals surface area contributed by atoms with Crippen LogP contribution >= 0.6 is 22.9 Å². The molecule has 0 aliphatic rings. The molecule has 90 valence electrons. The molecule has 2 heteroatoms. The van der Waals surface area contributed by atoms with Crippen molar-refractivity contribution in [2.75, 3.05) is 0 Å². The minimum absolute atomic E-state index is 0.0864. The first-order chi connectivity index (χ1) is 8.08. The van der Waals surface area contributed by atoms with Crippen LogP contribution in [0, 0.1) is 20.8 Å². The average Bonchev–Trinajstić information content (AvgIpc) is 2.70. The van der Waals surface area contributed by atoms with E-state index in [1.54, 1.807) is 11.3 Å². The zero-order chi connectivity index (χ0) is 12.4. The van der Waals surface area contributed by atoms with Crippen molar-refractivity contribution in [3.8, 4) is 0 Å². The molecular weight excluding hydrogens is 248 g/mol. The molecule has 0 radical (unpaired) electrons. The van der Waals surface area contributed by atoms with E-state index in [4.69, 9.17) is 11.6 Å². The molecule has 17 heavy (non-hydrogen) atoms. The van der Waals surface area contributed by atoms with Crippen LogP contribution in [-0.2, 0) is 6.42 Å². The second-order valence-corrected chi connectivity index (χ2v) is 5.87. The van der Waals surface area contributed by atoms with Crippen molar-refractivity contribution in [3.63, 3.8) is 0 Å². The lowest BCUT2D eigenvalue weighted by Crippen LogP contribution is -1.97. The van der Waals surface area contributed by atoms with E-state index in [-0.39, 0.29) is 5.38 Å². The Balaban J connectivity index is 2.16. The van der Waals surface area contributed by atoms with Crippen LogP contribution < -0.4 is 0 Å². The minimum Gasteiger partial charge on any atom is -0.152 e. The van der Waals surface area contributed by atoms with Crippen molar-refractivity contribution in [2.45, 2.75) is 32.6 Å². The third kappa shape index (κ3) is 2.91. The molecule has 1 heterocycles. The molecule has 0 N–H and O–H groups in total. The third-order valence-corrected chi connectivity index (χ3v) is 4.49. The van der Waals surface area contributed by atoms with Crippen LogP contribution in [0.25, 0.3) is 0 Å². The van der Waals surface area contributed by atoms with E-state index in [1.807, 2.05) is 0 Å². The van der Waals surface area contributed by atoms with Crippen molar-refractivity contribution >= 4 is 22.9 Å². The van der Waals surface area contributed by atoms with Crippen molar-refractivity contribution in [3.05, 3.63) is 56.8 Å². The zero-order valence-corrected chi connectivity index (χ0v) is 12.0. The van der Waals surface area contributed by atoms with E-state index in [2.05, 4.69) is 49.7 Å². The summed E-state index contributed by atoms with van der Waals surface area (Å²) < 4.78 is 0. The Labute approximate surface area is 112 Å². The first-order valence-electron chi connectivity index (χ1n) is 5.81. The van der Waals surface area contributed by atoms with Crippen molar-refractivity contribution in [1.29, 1.82) is 0 Å². The van der Waals surface area contributed by atoms with Gasteiger partial charge in [0.1, 0.15) is 0 Å².